The Hall–Kier alpha value is -2.30. The maximum absolute atomic E-state index is 13.5. The predicted octanol–water partition coefficient (Wildman–Crippen LogP) is 4.99. The fourth-order valence-electron chi connectivity index (χ4n) is 7.08. The molecular formula is C26H34N2O3. The standard InChI is InChI=1S/C26H34N2O3/c1-2-3-4-7-10-28-21-9-6-5-8-20(21)23(29)22(25(28)31)24(30)27-26-14-17-11-18(15-26)13-19(12-17)16-26/h5-6,8-9,17-19,29H,2-4,7,10-16H2,1H3,(H,27,30). The number of para-hydroxylation sites is 1. The molecular weight excluding hydrogens is 388 g/mol. The second-order valence-electron chi connectivity index (χ2n) is 10.4. The molecule has 166 valence electrons. The van der Waals surface area contributed by atoms with Crippen LogP contribution in [0.25, 0.3) is 10.9 Å². The van der Waals surface area contributed by atoms with Gasteiger partial charge >= 0.3 is 0 Å². The highest BCUT2D eigenvalue weighted by atomic mass is 16.3. The van der Waals surface area contributed by atoms with E-state index >= 15 is 0 Å². The largest absolute Gasteiger partial charge is 0.506 e. The molecule has 31 heavy (non-hydrogen) atoms. The molecule has 1 heterocycles. The number of unbranched alkanes of at least 4 members (excludes halogenated alkanes) is 3. The van der Waals surface area contributed by atoms with Crippen LogP contribution in [0.1, 0.15) is 81.5 Å². The van der Waals surface area contributed by atoms with Gasteiger partial charge in [0.25, 0.3) is 11.5 Å². The molecule has 0 saturated heterocycles. The van der Waals surface area contributed by atoms with Crippen molar-refractivity contribution in [2.45, 2.75) is 83.2 Å². The minimum absolute atomic E-state index is 0.0788. The fraction of sp³-hybridized carbons (Fsp3) is 0.615. The molecule has 4 fully saturated rings. The molecule has 0 unspecified atom stereocenters. The quantitative estimate of drug-likeness (QED) is 0.618. The van der Waals surface area contributed by atoms with E-state index < -0.39 is 5.91 Å². The fourth-order valence-corrected chi connectivity index (χ4v) is 7.08. The monoisotopic (exact) mass is 422 g/mol. The lowest BCUT2D eigenvalue weighted by molar-refractivity contribution is -0.0167. The van der Waals surface area contributed by atoms with E-state index in [1.165, 1.54) is 19.3 Å². The number of hydrogen-bond acceptors (Lipinski definition) is 3. The lowest BCUT2D eigenvalue weighted by Crippen LogP contribution is -2.60. The molecule has 0 aliphatic heterocycles. The van der Waals surface area contributed by atoms with Crippen molar-refractivity contribution in [3.63, 3.8) is 0 Å². The van der Waals surface area contributed by atoms with E-state index in [0.717, 1.165) is 44.9 Å². The Morgan fingerprint density at radius 1 is 1.06 bits per heavy atom. The molecule has 5 nitrogen and oxygen atoms in total. The SMILES string of the molecule is CCCCCCn1c(=O)c(C(=O)NC23CC4CC(CC(C4)C2)C3)c(O)c2ccccc21. The second-order valence-corrected chi connectivity index (χ2v) is 10.4. The average molecular weight is 423 g/mol. The molecule has 6 rings (SSSR count). The molecule has 1 aromatic carbocycles. The maximum Gasteiger partial charge on any atom is 0.267 e. The first-order valence-corrected chi connectivity index (χ1v) is 12.2. The summed E-state index contributed by atoms with van der Waals surface area (Å²) in [4.78, 5) is 26.9. The lowest BCUT2D eigenvalue weighted by Gasteiger charge is -2.56. The van der Waals surface area contributed by atoms with Crippen molar-refractivity contribution in [1.29, 1.82) is 0 Å². The minimum atomic E-state index is -0.391. The molecule has 0 radical (unpaired) electrons. The van der Waals surface area contributed by atoms with Crippen molar-refractivity contribution in [3.05, 3.63) is 40.2 Å². The average Bonchev–Trinajstić information content (AvgIpc) is 2.72. The Bertz CT molecular complexity index is 1020. The lowest BCUT2D eigenvalue weighted by atomic mass is 9.53. The molecule has 0 atom stereocenters. The number of carbonyl (C=O) groups excluding carboxylic acids is 1. The van der Waals surface area contributed by atoms with E-state index in [2.05, 4.69) is 12.2 Å². The number of aryl methyl sites for hydroxylation is 1. The number of nitrogens with one attached hydrogen (secondary N) is 1. The molecule has 4 bridgehead atoms. The van der Waals surface area contributed by atoms with Crippen LogP contribution in [0.3, 0.4) is 0 Å². The summed E-state index contributed by atoms with van der Waals surface area (Å²) in [5.74, 6) is 1.54. The third kappa shape index (κ3) is 3.66. The van der Waals surface area contributed by atoms with Crippen molar-refractivity contribution in [2.24, 2.45) is 17.8 Å². The number of hydrogen-bond donors (Lipinski definition) is 2. The van der Waals surface area contributed by atoms with E-state index in [1.807, 2.05) is 18.2 Å². The summed E-state index contributed by atoms with van der Waals surface area (Å²) in [5.41, 5.74) is 0.0650. The molecule has 4 aliphatic rings. The Morgan fingerprint density at radius 2 is 1.71 bits per heavy atom. The number of amides is 1. The molecule has 1 amide bonds. The van der Waals surface area contributed by atoms with Crippen LogP contribution < -0.4 is 10.9 Å². The number of rotatable bonds is 7. The number of benzene rings is 1. The van der Waals surface area contributed by atoms with Crippen LogP contribution >= 0.6 is 0 Å². The third-order valence-corrected chi connectivity index (χ3v) is 8.03. The van der Waals surface area contributed by atoms with Gasteiger partial charge in [-0.3, -0.25) is 9.59 Å². The number of carbonyl (C=O) groups is 1. The van der Waals surface area contributed by atoms with Gasteiger partial charge in [0.2, 0.25) is 0 Å². The van der Waals surface area contributed by atoms with Gasteiger partial charge in [0.05, 0.1) is 5.52 Å². The zero-order chi connectivity index (χ0) is 21.6. The number of aromatic nitrogens is 1. The summed E-state index contributed by atoms with van der Waals surface area (Å²) in [6.07, 6.45) is 11.1. The van der Waals surface area contributed by atoms with Crippen LogP contribution in [0.15, 0.2) is 29.1 Å². The first-order chi connectivity index (χ1) is 15.0. The van der Waals surface area contributed by atoms with Gasteiger partial charge in [-0.15, -0.1) is 0 Å². The molecule has 2 aromatic rings. The molecule has 5 heteroatoms. The summed E-state index contributed by atoms with van der Waals surface area (Å²) in [5, 5.41) is 14.8. The zero-order valence-corrected chi connectivity index (χ0v) is 18.5. The van der Waals surface area contributed by atoms with Crippen LogP contribution in [-0.4, -0.2) is 21.1 Å². The summed E-state index contributed by atoms with van der Waals surface area (Å²) in [6, 6.07) is 7.37. The number of pyridine rings is 1. The Kier molecular flexibility index (Phi) is 5.31. The van der Waals surface area contributed by atoms with Gasteiger partial charge < -0.3 is 15.0 Å². The summed E-state index contributed by atoms with van der Waals surface area (Å²) >= 11 is 0. The Balaban J connectivity index is 1.49. The minimum Gasteiger partial charge on any atom is -0.506 e. The number of fused-ring (bicyclic) bond motifs is 1. The van der Waals surface area contributed by atoms with Crippen LogP contribution in [0.4, 0.5) is 0 Å². The van der Waals surface area contributed by atoms with Crippen molar-refractivity contribution < 1.29 is 9.90 Å². The first-order valence-electron chi connectivity index (χ1n) is 12.2. The summed E-state index contributed by atoms with van der Waals surface area (Å²) in [6.45, 7) is 2.73. The highest BCUT2D eigenvalue weighted by Gasteiger charge is 2.51. The maximum atomic E-state index is 13.5. The van der Waals surface area contributed by atoms with Crippen molar-refractivity contribution >= 4 is 16.8 Å². The van der Waals surface area contributed by atoms with E-state index in [4.69, 9.17) is 0 Å². The smallest absolute Gasteiger partial charge is 0.267 e. The van der Waals surface area contributed by atoms with Gasteiger partial charge in [-0.05, 0) is 74.8 Å². The van der Waals surface area contributed by atoms with Gasteiger partial charge in [0.1, 0.15) is 11.3 Å². The van der Waals surface area contributed by atoms with E-state index in [0.29, 0.717) is 35.2 Å². The second kappa shape index (κ2) is 7.99. The predicted molar refractivity (Wildman–Crippen MR) is 122 cm³/mol. The van der Waals surface area contributed by atoms with E-state index in [-0.39, 0.29) is 22.4 Å². The van der Waals surface area contributed by atoms with Crippen LogP contribution in [-0.2, 0) is 6.54 Å². The Morgan fingerprint density at radius 3 is 2.35 bits per heavy atom. The molecule has 2 N–H and O–H groups in total. The zero-order valence-electron chi connectivity index (χ0n) is 18.5. The van der Waals surface area contributed by atoms with Crippen molar-refractivity contribution in [1.82, 2.24) is 9.88 Å². The number of aromatic hydroxyl groups is 1. The molecule has 0 spiro atoms. The highest BCUT2D eigenvalue weighted by Crippen LogP contribution is 2.55. The van der Waals surface area contributed by atoms with Gasteiger partial charge in [-0.25, -0.2) is 0 Å². The number of nitrogens with zero attached hydrogens (tertiary/aromatic N) is 1. The van der Waals surface area contributed by atoms with Gasteiger partial charge in [-0.2, -0.15) is 0 Å². The Labute approximate surface area is 183 Å². The topological polar surface area (TPSA) is 71.3 Å². The highest BCUT2D eigenvalue weighted by molar-refractivity contribution is 6.02. The molecule has 1 aromatic heterocycles. The normalized spacial score (nSPS) is 28.9. The van der Waals surface area contributed by atoms with E-state index in [1.54, 1.807) is 10.6 Å². The van der Waals surface area contributed by atoms with Gasteiger partial charge in [-0.1, -0.05) is 38.3 Å². The molecule has 4 aliphatic carbocycles. The summed E-state index contributed by atoms with van der Waals surface area (Å²) < 4.78 is 1.69. The van der Waals surface area contributed by atoms with Gasteiger partial charge in [0, 0.05) is 17.5 Å². The van der Waals surface area contributed by atoms with Crippen LogP contribution in [0, 0.1) is 17.8 Å². The van der Waals surface area contributed by atoms with Crippen LogP contribution in [0.2, 0.25) is 0 Å². The molecule has 4 saturated carbocycles. The first kappa shape index (κ1) is 20.6. The third-order valence-electron chi connectivity index (χ3n) is 8.03. The van der Waals surface area contributed by atoms with Crippen LogP contribution in [0.5, 0.6) is 5.75 Å². The van der Waals surface area contributed by atoms with Crippen molar-refractivity contribution in [3.8, 4) is 5.75 Å². The van der Waals surface area contributed by atoms with Gasteiger partial charge in [0.15, 0.2) is 0 Å². The van der Waals surface area contributed by atoms with Crippen molar-refractivity contribution in [2.75, 3.05) is 0 Å². The summed E-state index contributed by atoms with van der Waals surface area (Å²) in [7, 11) is 0. The van der Waals surface area contributed by atoms with E-state index in [9.17, 15) is 14.7 Å².